The molecule has 0 fully saturated rings. The van der Waals surface area contributed by atoms with Crippen LogP contribution in [0.2, 0.25) is 0 Å². The van der Waals surface area contributed by atoms with Gasteiger partial charge < -0.3 is 10.2 Å². The van der Waals surface area contributed by atoms with Crippen molar-refractivity contribution in [2.75, 3.05) is 0 Å². The van der Waals surface area contributed by atoms with Gasteiger partial charge in [0.15, 0.2) is 11.5 Å². The summed E-state index contributed by atoms with van der Waals surface area (Å²) in [5.74, 6) is -0.153. The zero-order chi connectivity index (χ0) is 21.0. The molecule has 0 atom stereocenters. The quantitative estimate of drug-likeness (QED) is 0.328. The first-order valence-electron chi connectivity index (χ1n) is 9.60. The summed E-state index contributed by atoms with van der Waals surface area (Å²) in [4.78, 5) is 15.6. The summed E-state index contributed by atoms with van der Waals surface area (Å²) in [7, 11) is 0. The molecule has 1 aromatic carbocycles. The third-order valence-electron chi connectivity index (χ3n) is 4.22. The molecule has 0 spiro atoms. The predicted octanol–water partition coefficient (Wildman–Crippen LogP) is 4.17. The Morgan fingerprint density at radius 2 is 0.839 bits per heavy atom. The number of phenols is 2. The summed E-state index contributed by atoms with van der Waals surface area (Å²) in [6.07, 6.45) is 5.49. The van der Waals surface area contributed by atoms with Crippen molar-refractivity contribution in [3.63, 3.8) is 0 Å². The van der Waals surface area contributed by atoms with E-state index >= 15 is 0 Å². The van der Waals surface area contributed by atoms with Gasteiger partial charge in [0.25, 0.3) is 0 Å². The number of aromatic nitrogens is 3. The van der Waals surface area contributed by atoms with Crippen molar-refractivity contribution in [1.29, 1.82) is 0 Å². The molecular weight excluding hydrogens is 567 g/mol. The van der Waals surface area contributed by atoms with Crippen molar-refractivity contribution in [1.82, 2.24) is 19.9 Å². The van der Waals surface area contributed by atoms with Crippen molar-refractivity contribution < 1.29 is 30.0 Å². The van der Waals surface area contributed by atoms with Crippen molar-refractivity contribution in [2.45, 2.75) is 19.6 Å². The third kappa shape index (κ3) is 8.63. The fourth-order valence-electron chi connectivity index (χ4n) is 2.79. The van der Waals surface area contributed by atoms with Crippen molar-refractivity contribution >= 4 is 0 Å². The standard InChI is InChI=1S/C18H18N4.C6H6O2.Os/c1-4-10-19-16(7-1)13-22(14-17-8-2-5-11-20-17)15-18-9-3-6-12-21-18;7-5-3-1-2-4-6(5)8;/h1-12H,13-15H2;1-4,7-8H;. The van der Waals surface area contributed by atoms with Crippen LogP contribution in [0, 0.1) is 0 Å². The smallest absolute Gasteiger partial charge is 0.157 e. The number of pyridine rings is 3. The number of rotatable bonds is 6. The van der Waals surface area contributed by atoms with Gasteiger partial charge in [0.05, 0.1) is 17.1 Å². The van der Waals surface area contributed by atoms with E-state index < -0.39 is 0 Å². The van der Waals surface area contributed by atoms with Crippen molar-refractivity contribution in [2.24, 2.45) is 0 Å². The van der Waals surface area contributed by atoms with E-state index in [1.807, 2.05) is 73.2 Å². The monoisotopic (exact) mass is 592 g/mol. The molecule has 6 nitrogen and oxygen atoms in total. The number of benzene rings is 1. The van der Waals surface area contributed by atoms with Crippen LogP contribution in [0.25, 0.3) is 0 Å². The van der Waals surface area contributed by atoms with Gasteiger partial charge in [0.2, 0.25) is 0 Å². The van der Waals surface area contributed by atoms with E-state index in [2.05, 4.69) is 19.9 Å². The molecule has 4 aromatic rings. The number of hydrogen-bond donors (Lipinski definition) is 2. The van der Waals surface area contributed by atoms with E-state index in [0.717, 1.165) is 36.7 Å². The molecule has 4 rings (SSSR count). The van der Waals surface area contributed by atoms with Crippen LogP contribution in [0.1, 0.15) is 17.1 Å². The SMILES string of the molecule is Oc1ccccc1O.[Os].c1ccc(CN(Cc2ccccn2)Cc2ccccn2)nc1. The first kappa shape index (κ1) is 24.1. The molecule has 0 aliphatic carbocycles. The van der Waals surface area contributed by atoms with Crippen molar-refractivity contribution in [3.8, 4) is 11.5 Å². The molecule has 0 amide bonds. The van der Waals surface area contributed by atoms with Gasteiger partial charge in [-0.25, -0.2) is 0 Å². The number of nitrogens with zero attached hydrogens (tertiary/aromatic N) is 4. The normalized spacial score (nSPS) is 9.97. The van der Waals surface area contributed by atoms with Crippen LogP contribution in [-0.2, 0) is 39.4 Å². The molecule has 0 saturated heterocycles. The Bertz CT molecular complexity index is 886. The summed E-state index contributed by atoms with van der Waals surface area (Å²) in [5, 5.41) is 17.3. The zero-order valence-electron chi connectivity index (χ0n) is 16.9. The molecule has 0 saturated carbocycles. The topological polar surface area (TPSA) is 82.4 Å². The van der Waals surface area contributed by atoms with Gasteiger partial charge in [-0.2, -0.15) is 0 Å². The molecule has 0 radical (unpaired) electrons. The first-order chi connectivity index (χ1) is 14.7. The number of phenolic OH excluding ortho intramolecular Hbond substituents is 2. The minimum absolute atomic E-state index is 0. The Hall–Kier alpha value is -3.13. The number of aromatic hydroxyl groups is 2. The molecular formula is C24H24N4O2Os. The second-order valence-corrected chi connectivity index (χ2v) is 6.60. The maximum atomic E-state index is 8.67. The van der Waals surface area contributed by atoms with Crippen LogP contribution in [0.4, 0.5) is 0 Å². The molecule has 0 aliphatic heterocycles. The minimum Gasteiger partial charge on any atom is -0.504 e. The first-order valence-corrected chi connectivity index (χ1v) is 9.60. The Morgan fingerprint density at radius 1 is 0.516 bits per heavy atom. The second-order valence-electron chi connectivity index (χ2n) is 6.60. The Balaban J connectivity index is 0.000000322. The Labute approximate surface area is 195 Å². The van der Waals surface area contributed by atoms with Crippen LogP contribution in [0.15, 0.2) is 97.5 Å². The van der Waals surface area contributed by atoms with Crippen LogP contribution in [-0.4, -0.2) is 30.1 Å². The fourth-order valence-corrected chi connectivity index (χ4v) is 2.79. The third-order valence-corrected chi connectivity index (χ3v) is 4.22. The zero-order valence-corrected chi connectivity index (χ0v) is 19.4. The molecule has 3 aromatic heterocycles. The van der Waals surface area contributed by atoms with E-state index in [1.54, 1.807) is 12.1 Å². The van der Waals surface area contributed by atoms with Gasteiger partial charge in [0.1, 0.15) is 0 Å². The molecule has 3 heterocycles. The molecule has 0 unspecified atom stereocenters. The van der Waals surface area contributed by atoms with Crippen LogP contribution >= 0.6 is 0 Å². The summed E-state index contributed by atoms with van der Waals surface area (Å²) in [6.45, 7) is 2.32. The molecule has 0 bridgehead atoms. The minimum atomic E-state index is -0.0764. The average Bonchev–Trinajstić information content (AvgIpc) is 2.78. The van der Waals surface area contributed by atoms with Gasteiger partial charge in [-0.1, -0.05) is 30.3 Å². The van der Waals surface area contributed by atoms with Crippen LogP contribution < -0.4 is 0 Å². The largest absolute Gasteiger partial charge is 0.504 e. The van der Waals surface area contributed by atoms with Crippen LogP contribution in [0.3, 0.4) is 0 Å². The summed E-state index contributed by atoms with van der Waals surface area (Å²) in [5.41, 5.74) is 3.15. The molecule has 31 heavy (non-hydrogen) atoms. The molecule has 160 valence electrons. The number of para-hydroxylation sites is 2. The van der Waals surface area contributed by atoms with Gasteiger partial charge >= 0.3 is 0 Å². The van der Waals surface area contributed by atoms with Crippen LogP contribution in [0.5, 0.6) is 11.5 Å². The van der Waals surface area contributed by atoms with Crippen molar-refractivity contribution in [3.05, 3.63) is 115 Å². The van der Waals surface area contributed by atoms with E-state index in [1.165, 1.54) is 12.1 Å². The molecule has 7 heteroatoms. The molecule has 2 N–H and O–H groups in total. The average molecular weight is 591 g/mol. The predicted molar refractivity (Wildman–Crippen MR) is 115 cm³/mol. The summed E-state index contributed by atoms with van der Waals surface area (Å²) in [6, 6.07) is 24.1. The summed E-state index contributed by atoms with van der Waals surface area (Å²) >= 11 is 0. The van der Waals surface area contributed by atoms with E-state index in [-0.39, 0.29) is 31.3 Å². The summed E-state index contributed by atoms with van der Waals surface area (Å²) < 4.78 is 0. The van der Waals surface area contributed by atoms with Gasteiger partial charge in [-0.05, 0) is 48.5 Å². The molecule has 0 aliphatic rings. The Morgan fingerprint density at radius 3 is 1.10 bits per heavy atom. The Kier molecular flexibility index (Phi) is 10.3. The van der Waals surface area contributed by atoms with E-state index in [4.69, 9.17) is 10.2 Å². The van der Waals surface area contributed by atoms with E-state index in [9.17, 15) is 0 Å². The fraction of sp³-hybridized carbons (Fsp3) is 0.125. The van der Waals surface area contributed by atoms with E-state index in [0.29, 0.717) is 0 Å². The maximum Gasteiger partial charge on any atom is 0.157 e. The van der Waals surface area contributed by atoms with Gasteiger partial charge in [0, 0.05) is 58.0 Å². The second kappa shape index (κ2) is 13.2. The van der Waals surface area contributed by atoms with Gasteiger partial charge in [-0.3, -0.25) is 19.9 Å². The van der Waals surface area contributed by atoms with Gasteiger partial charge in [-0.15, -0.1) is 0 Å². The maximum absolute atomic E-state index is 8.67. The number of hydrogen-bond acceptors (Lipinski definition) is 6.